The first-order chi connectivity index (χ1) is 23.0. The average molecular weight is 669 g/mol. The molecule has 2 aliphatic heterocycles. The van der Waals surface area contributed by atoms with Crippen molar-refractivity contribution in [3.05, 3.63) is 132 Å². The molecule has 0 bridgehead atoms. The Morgan fingerprint density at radius 3 is 1.65 bits per heavy atom. The maximum atomic E-state index is 11.7. The van der Waals surface area contributed by atoms with Gasteiger partial charge in [-0.05, 0) is 40.4 Å². The van der Waals surface area contributed by atoms with Crippen LogP contribution >= 0.6 is 0 Å². The van der Waals surface area contributed by atoms with Crippen LogP contribution in [0.2, 0.25) is 5.04 Å². The van der Waals surface area contributed by atoms with Crippen LogP contribution in [-0.2, 0) is 41.3 Å². The van der Waals surface area contributed by atoms with Gasteiger partial charge >= 0.3 is 0 Å². The van der Waals surface area contributed by atoms with E-state index in [4.69, 9.17) is 28.1 Å². The van der Waals surface area contributed by atoms with Crippen LogP contribution in [0.5, 0.6) is 0 Å². The highest BCUT2D eigenvalue weighted by Crippen LogP contribution is 2.45. The Bertz CT molecular complexity index is 1540. The lowest BCUT2D eigenvalue weighted by Crippen LogP contribution is -2.69. The van der Waals surface area contributed by atoms with Crippen molar-refractivity contribution < 1.29 is 33.2 Å². The van der Waals surface area contributed by atoms with E-state index in [2.05, 4.69) is 69.3 Å². The summed E-state index contributed by atoms with van der Waals surface area (Å²) in [4.78, 5) is 0. The first-order valence-electron chi connectivity index (χ1n) is 16.8. The van der Waals surface area contributed by atoms with Gasteiger partial charge in [-0.1, -0.05) is 142 Å². The Labute approximate surface area is 285 Å². The van der Waals surface area contributed by atoms with E-state index < -0.39 is 44.3 Å². The molecule has 7 nitrogen and oxygen atoms in total. The van der Waals surface area contributed by atoms with Gasteiger partial charge in [-0.25, -0.2) is 0 Å². The largest absolute Gasteiger partial charge is 0.404 e. The van der Waals surface area contributed by atoms with Crippen LogP contribution in [0.15, 0.2) is 121 Å². The Morgan fingerprint density at radius 2 is 1.19 bits per heavy atom. The maximum Gasteiger partial charge on any atom is 0.261 e. The normalized spacial score (nSPS) is 25.7. The third kappa shape index (κ3) is 7.08. The first-order valence-corrected chi connectivity index (χ1v) is 18.7. The smallest absolute Gasteiger partial charge is 0.261 e. The van der Waals surface area contributed by atoms with Crippen LogP contribution in [0, 0.1) is 0 Å². The van der Waals surface area contributed by atoms with E-state index in [1.165, 1.54) is 0 Å². The fourth-order valence-corrected chi connectivity index (χ4v) is 11.7. The van der Waals surface area contributed by atoms with Gasteiger partial charge in [0, 0.05) is 0 Å². The zero-order valence-electron chi connectivity index (χ0n) is 28.6. The van der Waals surface area contributed by atoms with Crippen molar-refractivity contribution in [2.24, 2.45) is 0 Å². The number of benzene rings is 4. The molecular formula is C40H48O7Si. The van der Waals surface area contributed by atoms with Crippen LogP contribution < -0.4 is 10.4 Å². The van der Waals surface area contributed by atoms with Crippen molar-refractivity contribution >= 4 is 18.7 Å². The van der Waals surface area contributed by atoms with Crippen molar-refractivity contribution in [3.8, 4) is 0 Å². The topological polar surface area (TPSA) is 75.6 Å². The molecule has 4 aromatic carbocycles. The molecule has 1 N–H and O–H groups in total. The Kier molecular flexibility index (Phi) is 10.4. The molecule has 0 saturated carbocycles. The second kappa shape index (κ2) is 14.4. The van der Waals surface area contributed by atoms with Gasteiger partial charge in [0.25, 0.3) is 8.32 Å². The maximum absolute atomic E-state index is 11.7. The van der Waals surface area contributed by atoms with Gasteiger partial charge in [-0.2, -0.15) is 0 Å². The van der Waals surface area contributed by atoms with Gasteiger partial charge in [0.05, 0.1) is 26.4 Å². The summed E-state index contributed by atoms with van der Waals surface area (Å²) < 4.78 is 40.2. The van der Waals surface area contributed by atoms with Gasteiger partial charge in [0.15, 0.2) is 17.7 Å². The molecule has 2 saturated heterocycles. The summed E-state index contributed by atoms with van der Waals surface area (Å²) in [5.41, 5.74) is 0.691. The molecule has 48 heavy (non-hydrogen) atoms. The Hall–Kier alpha value is -3.18. The van der Waals surface area contributed by atoms with E-state index in [1.54, 1.807) is 0 Å². The predicted molar refractivity (Wildman–Crippen MR) is 188 cm³/mol. The molecule has 2 heterocycles. The summed E-state index contributed by atoms with van der Waals surface area (Å²) in [7, 11) is -3.04. The lowest BCUT2D eigenvalue weighted by molar-refractivity contribution is -0.233. The van der Waals surface area contributed by atoms with E-state index in [1.807, 2.05) is 86.6 Å². The molecule has 4 aromatic rings. The number of hydrogen-bond acceptors (Lipinski definition) is 7. The van der Waals surface area contributed by atoms with Gasteiger partial charge in [0.2, 0.25) is 0 Å². The summed E-state index contributed by atoms with van der Waals surface area (Å²) in [6, 6.07) is 40.9. The van der Waals surface area contributed by atoms with Crippen LogP contribution in [0.4, 0.5) is 0 Å². The van der Waals surface area contributed by atoms with Crippen LogP contribution in [-0.4, -0.2) is 62.6 Å². The number of hydrogen-bond donors (Lipinski definition) is 1. The van der Waals surface area contributed by atoms with Gasteiger partial charge in [0.1, 0.15) is 18.3 Å². The van der Waals surface area contributed by atoms with Crippen LogP contribution in [0.1, 0.15) is 45.7 Å². The fourth-order valence-electron chi connectivity index (χ4n) is 7.10. The summed E-state index contributed by atoms with van der Waals surface area (Å²) in [5.74, 6) is -0.865. The zero-order chi connectivity index (χ0) is 33.8. The van der Waals surface area contributed by atoms with Gasteiger partial charge in [-0.15, -0.1) is 0 Å². The van der Waals surface area contributed by atoms with Crippen LogP contribution in [0.3, 0.4) is 0 Å². The van der Waals surface area contributed by atoms with Crippen molar-refractivity contribution in [3.63, 3.8) is 0 Å². The monoisotopic (exact) mass is 668 g/mol. The molecule has 254 valence electrons. The van der Waals surface area contributed by atoms with Crippen molar-refractivity contribution in [1.82, 2.24) is 0 Å². The van der Waals surface area contributed by atoms with Gasteiger partial charge in [-0.3, -0.25) is 0 Å². The first kappa shape index (κ1) is 34.7. The highest BCUT2D eigenvalue weighted by molar-refractivity contribution is 6.99. The van der Waals surface area contributed by atoms with Crippen molar-refractivity contribution in [2.75, 3.05) is 13.2 Å². The van der Waals surface area contributed by atoms with Crippen LogP contribution in [0.25, 0.3) is 0 Å². The van der Waals surface area contributed by atoms with E-state index in [9.17, 15) is 5.11 Å². The Morgan fingerprint density at radius 1 is 0.708 bits per heavy atom. The molecule has 5 atom stereocenters. The molecule has 8 heteroatoms. The van der Waals surface area contributed by atoms with E-state index >= 15 is 0 Å². The summed E-state index contributed by atoms with van der Waals surface area (Å²) in [6.07, 6.45) is -3.52. The zero-order valence-corrected chi connectivity index (χ0v) is 29.6. The number of rotatable bonds is 12. The van der Waals surface area contributed by atoms with Crippen molar-refractivity contribution in [1.29, 1.82) is 0 Å². The standard InChI is InChI=1S/C40H48O7Si/c1-38(2,3)48(32-22-14-8-15-23-32,33-24-16-9-17-25-33)45-29-40(34-28-44-39(4,5)46-34)36(43-27-31-20-12-7-13-21-31)35(37(41)47-40)42-26-30-18-10-6-11-19-30/h6-25,34-37,41H,26-29H2,1-5H3/t34-,35-,36-,37?,40+/m1/s1. The summed E-state index contributed by atoms with van der Waals surface area (Å²) >= 11 is 0. The summed E-state index contributed by atoms with van der Waals surface area (Å²) in [6.45, 7) is 11.4. The molecule has 0 aromatic heterocycles. The van der Waals surface area contributed by atoms with Crippen molar-refractivity contribution in [2.45, 2.75) is 88.9 Å². The minimum atomic E-state index is -3.04. The minimum Gasteiger partial charge on any atom is -0.404 e. The molecule has 0 amide bonds. The SMILES string of the molecule is CC1(C)OC[C@H]([C@]2(CO[Si](c3ccccc3)(c3ccccc3)C(C)(C)C)OC(O)[C@H](OCc3ccccc3)[C@H]2OCc2ccccc2)O1. The second-order valence-corrected chi connectivity index (χ2v) is 18.5. The second-order valence-electron chi connectivity index (χ2n) is 14.2. The average Bonchev–Trinajstić information content (AvgIpc) is 3.60. The van der Waals surface area contributed by atoms with E-state index in [0.29, 0.717) is 0 Å². The van der Waals surface area contributed by atoms with Gasteiger partial charge < -0.3 is 33.2 Å². The highest BCUT2D eigenvalue weighted by Gasteiger charge is 2.65. The number of aliphatic hydroxyl groups excluding tert-OH is 1. The fraction of sp³-hybridized carbons (Fsp3) is 0.400. The lowest BCUT2D eigenvalue weighted by Gasteiger charge is -2.46. The highest BCUT2D eigenvalue weighted by atomic mass is 28.4. The third-order valence-electron chi connectivity index (χ3n) is 9.44. The molecule has 2 fully saturated rings. The molecule has 0 radical (unpaired) electrons. The molecule has 0 spiro atoms. The quantitative estimate of drug-likeness (QED) is 0.187. The lowest BCUT2D eigenvalue weighted by atomic mass is 9.89. The molecule has 6 rings (SSSR count). The predicted octanol–water partition coefficient (Wildman–Crippen LogP) is 5.97. The summed E-state index contributed by atoms with van der Waals surface area (Å²) in [5, 5.41) is 13.7. The van der Waals surface area contributed by atoms with E-state index in [-0.39, 0.29) is 31.5 Å². The van der Waals surface area contributed by atoms with E-state index in [0.717, 1.165) is 21.5 Å². The number of aliphatic hydroxyl groups is 1. The molecular weight excluding hydrogens is 621 g/mol. The number of ether oxygens (including phenoxy) is 5. The Balaban J connectivity index is 1.44. The molecule has 1 unspecified atom stereocenters. The molecule has 2 aliphatic rings. The molecule has 0 aliphatic carbocycles. The minimum absolute atomic E-state index is 0.0755. The third-order valence-corrected chi connectivity index (χ3v) is 14.4.